The van der Waals surface area contributed by atoms with Gasteiger partial charge in [-0.1, -0.05) is 12.1 Å². The summed E-state index contributed by atoms with van der Waals surface area (Å²) in [6, 6.07) is 7.86. The number of primary amides is 1. The molecule has 1 aromatic heterocycles. The van der Waals surface area contributed by atoms with Crippen molar-refractivity contribution in [1.82, 2.24) is 9.55 Å². The van der Waals surface area contributed by atoms with Crippen LogP contribution in [-0.2, 0) is 17.8 Å². The molecule has 2 rings (SSSR count). The summed E-state index contributed by atoms with van der Waals surface area (Å²) in [6.07, 6.45) is 0.672. The first-order valence-electron chi connectivity index (χ1n) is 6.26. The molecule has 5 heteroatoms. The Morgan fingerprint density at radius 3 is 2.74 bits per heavy atom. The number of alkyl halides is 1. The predicted molar refractivity (Wildman–Crippen MR) is 77.1 cm³/mol. The largest absolute Gasteiger partial charge is 0.369 e. The molecule has 19 heavy (non-hydrogen) atoms. The van der Waals surface area contributed by atoms with Gasteiger partial charge in [0.25, 0.3) is 0 Å². The molecular weight excluding hydrogens is 262 g/mol. The maximum Gasteiger partial charge on any atom is 0.224 e. The van der Waals surface area contributed by atoms with Crippen molar-refractivity contribution in [1.29, 1.82) is 0 Å². The zero-order valence-corrected chi connectivity index (χ0v) is 11.9. The Bertz CT molecular complexity index is 604. The highest BCUT2D eigenvalue weighted by Gasteiger charge is 2.27. The Morgan fingerprint density at radius 1 is 1.42 bits per heavy atom. The molecule has 0 bridgehead atoms. The number of imidazole rings is 1. The summed E-state index contributed by atoms with van der Waals surface area (Å²) < 4.78 is 2.04. The predicted octanol–water partition coefficient (Wildman–Crippen LogP) is 2.33. The zero-order chi connectivity index (χ0) is 14.0. The van der Waals surface area contributed by atoms with E-state index in [0.717, 1.165) is 16.9 Å². The third kappa shape index (κ3) is 2.73. The highest BCUT2D eigenvalue weighted by atomic mass is 35.5. The molecule has 0 spiro atoms. The number of nitrogens with zero attached hydrogens (tertiary/aromatic N) is 2. The van der Waals surface area contributed by atoms with Gasteiger partial charge in [0.15, 0.2) is 0 Å². The van der Waals surface area contributed by atoms with Crippen LogP contribution in [0.1, 0.15) is 19.7 Å². The summed E-state index contributed by atoms with van der Waals surface area (Å²) in [5.41, 5.74) is 6.77. The van der Waals surface area contributed by atoms with Crippen LogP contribution in [0, 0.1) is 5.41 Å². The summed E-state index contributed by atoms with van der Waals surface area (Å²) in [7, 11) is 0. The van der Waals surface area contributed by atoms with Gasteiger partial charge in [0.05, 0.1) is 16.4 Å². The maximum absolute atomic E-state index is 11.5. The van der Waals surface area contributed by atoms with E-state index < -0.39 is 5.41 Å². The molecule has 1 heterocycles. The monoisotopic (exact) mass is 279 g/mol. The molecule has 2 N–H and O–H groups in total. The number of fused-ring (bicyclic) bond motifs is 1. The van der Waals surface area contributed by atoms with Gasteiger partial charge in [0, 0.05) is 18.8 Å². The second-order valence-electron chi connectivity index (χ2n) is 5.29. The van der Waals surface area contributed by atoms with Crippen LogP contribution in [0.3, 0.4) is 0 Å². The number of hydrogen-bond acceptors (Lipinski definition) is 2. The zero-order valence-electron chi connectivity index (χ0n) is 11.2. The Balaban J connectivity index is 2.50. The average molecular weight is 280 g/mol. The molecule has 1 aromatic carbocycles. The number of carbonyl (C=O) groups excluding carboxylic acids is 1. The standard InChI is InChI=1S/C14H18ClN3O/c1-14(2,13(16)19)9-18-11-6-4-3-5-10(11)17-12(18)7-8-15/h3-6H,7-9H2,1-2H3,(H2,16,19). The van der Waals surface area contributed by atoms with Gasteiger partial charge < -0.3 is 10.3 Å². The van der Waals surface area contributed by atoms with E-state index >= 15 is 0 Å². The first-order valence-corrected chi connectivity index (χ1v) is 6.79. The number of aryl methyl sites for hydroxylation is 1. The highest BCUT2D eigenvalue weighted by molar-refractivity contribution is 6.17. The molecule has 0 atom stereocenters. The maximum atomic E-state index is 11.5. The number of benzene rings is 1. The number of aromatic nitrogens is 2. The second kappa shape index (κ2) is 5.21. The van der Waals surface area contributed by atoms with Crippen molar-refractivity contribution in [3.05, 3.63) is 30.1 Å². The van der Waals surface area contributed by atoms with E-state index in [4.69, 9.17) is 17.3 Å². The summed E-state index contributed by atoms with van der Waals surface area (Å²) in [6.45, 7) is 4.19. The fourth-order valence-electron chi connectivity index (χ4n) is 2.05. The van der Waals surface area contributed by atoms with E-state index in [1.165, 1.54) is 0 Å². The Labute approximate surface area is 117 Å². The lowest BCUT2D eigenvalue weighted by Gasteiger charge is -2.22. The van der Waals surface area contributed by atoms with Gasteiger partial charge in [0.1, 0.15) is 5.82 Å². The van der Waals surface area contributed by atoms with E-state index in [2.05, 4.69) is 4.98 Å². The lowest BCUT2D eigenvalue weighted by Crippen LogP contribution is -2.35. The molecule has 2 aromatic rings. The van der Waals surface area contributed by atoms with Crippen LogP contribution >= 0.6 is 11.6 Å². The summed E-state index contributed by atoms with van der Waals surface area (Å²) in [5.74, 6) is 1.08. The molecule has 0 aliphatic rings. The second-order valence-corrected chi connectivity index (χ2v) is 5.67. The van der Waals surface area contributed by atoms with Crippen molar-refractivity contribution in [2.75, 3.05) is 5.88 Å². The van der Waals surface area contributed by atoms with Crippen molar-refractivity contribution in [2.24, 2.45) is 11.1 Å². The topological polar surface area (TPSA) is 60.9 Å². The van der Waals surface area contributed by atoms with Crippen molar-refractivity contribution >= 4 is 28.5 Å². The third-order valence-electron chi connectivity index (χ3n) is 3.27. The number of carbonyl (C=O) groups is 1. The number of rotatable bonds is 5. The molecular formula is C14H18ClN3O. The van der Waals surface area contributed by atoms with Crippen LogP contribution in [0.2, 0.25) is 0 Å². The van der Waals surface area contributed by atoms with Gasteiger partial charge >= 0.3 is 0 Å². The number of para-hydroxylation sites is 2. The van der Waals surface area contributed by atoms with Crippen LogP contribution in [-0.4, -0.2) is 21.3 Å². The van der Waals surface area contributed by atoms with Crippen LogP contribution < -0.4 is 5.73 Å². The molecule has 0 aliphatic carbocycles. The molecule has 0 saturated carbocycles. The Morgan fingerprint density at radius 2 is 2.11 bits per heavy atom. The number of hydrogen-bond donors (Lipinski definition) is 1. The van der Waals surface area contributed by atoms with Crippen LogP contribution in [0.4, 0.5) is 0 Å². The number of nitrogens with two attached hydrogens (primary N) is 1. The van der Waals surface area contributed by atoms with E-state index in [9.17, 15) is 4.79 Å². The van der Waals surface area contributed by atoms with Crippen molar-refractivity contribution in [3.8, 4) is 0 Å². The minimum absolute atomic E-state index is 0.317. The van der Waals surface area contributed by atoms with Crippen LogP contribution in [0.5, 0.6) is 0 Å². The lowest BCUT2D eigenvalue weighted by molar-refractivity contribution is -0.126. The van der Waals surface area contributed by atoms with E-state index in [-0.39, 0.29) is 5.91 Å². The van der Waals surface area contributed by atoms with E-state index in [1.54, 1.807) is 0 Å². The van der Waals surface area contributed by atoms with Gasteiger partial charge in [-0.2, -0.15) is 0 Å². The van der Waals surface area contributed by atoms with Crippen molar-refractivity contribution in [2.45, 2.75) is 26.8 Å². The van der Waals surface area contributed by atoms with E-state index in [1.807, 2.05) is 42.7 Å². The molecule has 4 nitrogen and oxygen atoms in total. The Kier molecular flexibility index (Phi) is 3.80. The normalized spacial score (nSPS) is 11.9. The minimum Gasteiger partial charge on any atom is -0.369 e. The fraction of sp³-hybridized carbons (Fsp3) is 0.429. The summed E-state index contributed by atoms with van der Waals surface area (Å²) in [5, 5.41) is 0. The van der Waals surface area contributed by atoms with Gasteiger partial charge in [-0.3, -0.25) is 4.79 Å². The average Bonchev–Trinajstić information content (AvgIpc) is 2.68. The highest BCUT2D eigenvalue weighted by Crippen LogP contribution is 2.24. The van der Waals surface area contributed by atoms with Gasteiger partial charge in [0.2, 0.25) is 5.91 Å². The molecule has 0 unspecified atom stereocenters. The smallest absolute Gasteiger partial charge is 0.224 e. The van der Waals surface area contributed by atoms with E-state index in [0.29, 0.717) is 18.8 Å². The first-order chi connectivity index (χ1) is 8.95. The molecule has 1 amide bonds. The van der Waals surface area contributed by atoms with Gasteiger partial charge in [-0.05, 0) is 26.0 Å². The van der Waals surface area contributed by atoms with Crippen LogP contribution in [0.15, 0.2) is 24.3 Å². The first kappa shape index (κ1) is 13.9. The molecule has 0 fully saturated rings. The minimum atomic E-state index is -0.621. The lowest BCUT2D eigenvalue weighted by atomic mass is 9.92. The quantitative estimate of drug-likeness (QED) is 0.854. The number of halogens is 1. The molecule has 0 radical (unpaired) electrons. The van der Waals surface area contributed by atoms with Gasteiger partial charge in [-0.25, -0.2) is 4.98 Å². The van der Waals surface area contributed by atoms with Crippen LogP contribution in [0.25, 0.3) is 11.0 Å². The SMILES string of the molecule is CC(C)(Cn1c(CCCl)nc2ccccc21)C(N)=O. The molecule has 102 valence electrons. The molecule has 0 aliphatic heterocycles. The third-order valence-corrected chi connectivity index (χ3v) is 3.46. The molecule has 0 saturated heterocycles. The summed E-state index contributed by atoms with van der Waals surface area (Å²) >= 11 is 5.82. The Hall–Kier alpha value is -1.55. The fourth-order valence-corrected chi connectivity index (χ4v) is 2.22. The summed E-state index contributed by atoms with van der Waals surface area (Å²) in [4.78, 5) is 16.1. The number of amides is 1. The van der Waals surface area contributed by atoms with Crippen molar-refractivity contribution < 1.29 is 4.79 Å². The van der Waals surface area contributed by atoms with Gasteiger partial charge in [-0.15, -0.1) is 11.6 Å². The van der Waals surface area contributed by atoms with Crippen molar-refractivity contribution in [3.63, 3.8) is 0 Å².